The minimum Gasteiger partial charge on any atom is -0.480 e. The summed E-state index contributed by atoms with van der Waals surface area (Å²) in [6.07, 6.45) is -0.510. The fraction of sp³-hybridized carbons (Fsp3) is 0.300. The van der Waals surface area contributed by atoms with Gasteiger partial charge in [-0.15, -0.1) is 0 Å². The van der Waals surface area contributed by atoms with Crippen LogP contribution in [0, 0.1) is 0 Å². The van der Waals surface area contributed by atoms with Crippen molar-refractivity contribution in [2.75, 3.05) is 19.6 Å². The Morgan fingerprint density at radius 2 is 1.79 bits per heavy atom. The number of hydrogen-bond donors (Lipinski definition) is 1. The van der Waals surface area contributed by atoms with E-state index in [1.807, 2.05) is 41.3 Å². The predicted octanol–water partition coefficient (Wildman–Crippen LogP) is 3.90. The molecule has 0 bridgehead atoms. The molecule has 0 unspecified atom stereocenters. The van der Waals surface area contributed by atoms with Crippen molar-refractivity contribution in [3.63, 3.8) is 0 Å². The van der Waals surface area contributed by atoms with E-state index in [4.69, 9.17) is 27.9 Å². The van der Waals surface area contributed by atoms with E-state index in [9.17, 15) is 14.7 Å². The van der Waals surface area contributed by atoms with Crippen LogP contribution in [0.15, 0.2) is 48.5 Å². The summed E-state index contributed by atoms with van der Waals surface area (Å²) in [6, 6.07) is 13.7. The lowest BCUT2D eigenvalue weighted by Crippen LogP contribution is -2.57. The van der Waals surface area contributed by atoms with Crippen LogP contribution < -0.4 is 0 Å². The minimum atomic E-state index is -0.986. The maximum atomic E-state index is 12.3. The van der Waals surface area contributed by atoms with Gasteiger partial charge < -0.3 is 14.7 Å². The molecular weight excluding hydrogens is 403 g/mol. The second-order valence-corrected chi connectivity index (χ2v) is 7.37. The van der Waals surface area contributed by atoms with Gasteiger partial charge >= 0.3 is 12.1 Å². The first-order valence-corrected chi connectivity index (χ1v) is 9.56. The molecule has 0 aliphatic carbocycles. The van der Waals surface area contributed by atoms with Crippen LogP contribution in [0.3, 0.4) is 0 Å². The van der Waals surface area contributed by atoms with Gasteiger partial charge in [0.2, 0.25) is 0 Å². The highest BCUT2D eigenvalue weighted by atomic mass is 35.5. The van der Waals surface area contributed by atoms with Crippen molar-refractivity contribution in [3.05, 3.63) is 69.7 Å². The molecule has 2 aromatic rings. The monoisotopic (exact) mass is 422 g/mol. The lowest BCUT2D eigenvalue weighted by Gasteiger charge is -2.38. The van der Waals surface area contributed by atoms with Crippen LogP contribution in [0.25, 0.3) is 0 Å². The summed E-state index contributed by atoms with van der Waals surface area (Å²) < 4.78 is 5.32. The number of carboxylic acids is 1. The third-order valence-corrected chi connectivity index (χ3v) is 5.35. The number of rotatable bonds is 5. The lowest BCUT2D eigenvalue weighted by atomic mass is 10.1. The van der Waals surface area contributed by atoms with Gasteiger partial charge in [-0.1, -0.05) is 59.6 Å². The van der Waals surface area contributed by atoms with Crippen molar-refractivity contribution in [1.82, 2.24) is 9.80 Å². The van der Waals surface area contributed by atoms with E-state index in [0.717, 1.165) is 11.1 Å². The van der Waals surface area contributed by atoms with Crippen molar-refractivity contribution in [3.8, 4) is 0 Å². The molecule has 6 nitrogen and oxygen atoms in total. The Morgan fingerprint density at radius 1 is 1.04 bits per heavy atom. The van der Waals surface area contributed by atoms with Crippen molar-refractivity contribution < 1.29 is 19.4 Å². The van der Waals surface area contributed by atoms with Crippen molar-refractivity contribution in [2.45, 2.75) is 19.2 Å². The molecule has 0 spiro atoms. The zero-order valence-electron chi connectivity index (χ0n) is 15.1. The van der Waals surface area contributed by atoms with E-state index in [1.54, 1.807) is 12.1 Å². The molecule has 1 aliphatic rings. The zero-order valence-corrected chi connectivity index (χ0v) is 16.6. The van der Waals surface area contributed by atoms with Gasteiger partial charge in [-0.3, -0.25) is 9.69 Å². The van der Waals surface area contributed by atoms with E-state index in [-0.39, 0.29) is 13.2 Å². The largest absolute Gasteiger partial charge is 0.480 e. The number of carbonyl (C=O) groups is 2. The maximum Gasteiger partial charge on any atom is 0.410 e. The first-order valence-electron chi connectivity index (χ1n) is 8.80. The Morgan fingerprint density at radius 3 is 2.46 bits per heavy atom. The number of carboxylic acid groups (broad SMARTS) is 1. The molecular formula is C20H20Cl2N2O4. The van der Waals surface area contributed by atoms with E-state index in [0.29, 0.717) is 29.7 Å². The third-order valence-electron chi connectivity index (χ3n) is 4.61. The highest BCUT2D eigenvalue weighted by Gasteiger charge is 2.34. The van der Waals surface area contributed by atoms with E-state index >= 15 is 0 Å². The molecule has 1 N–H and O–H groups in total. The number of hydrogen-bond acceptors (Lipinski definition) is 4. The Balaban J connectivity index is 1.61. The fourth-order valence-corrected chi connectivity index (χ4v) is 3.41. The summed E-state index contributed by atoms with van der Waals surface area (Å²) >= 11 is 12.0. The van der Waals surface area contributed by atoms with E-state index in [2.05, 4.69) is 0 Å². The van der Waals surface area contributed by atoms with Crippen LogP contribution in [0.5, 0.6) is 0 Å². The van der Waals surface area contributed by atoms with Gasteiger partial charge in [0.05, 0.1) is 16.6 Å². The number of halogens is 2. The molecule has 1 amide bonds. The molecule has 28 heavy (non-hydrogen) atoms. The Hall–Kier alpha value is -2.28. The Labute approximate surface area is 173 Å². The summed E-state index contributed by atoms with van der Waals surface area (Å²) in [5, 5.41) is 10.5. The van der Waals surface area contributed by atoms with Gasteiger partial charge in [0, 0.05) is 19.6 Å². The number of ether oxygens (including phenoxy) is 1. The Kier molecular flexibility index (Phi) is 6.78. The summed E-state index contributed by atoms with van der Waals surface area (Å²) in [4.78, 5) is 27.3. The van der Waals surface area contributed by atoms with Crippen LogP contribution >= 0.6 is 23.2 Å². The first kappa shape index (κ1) is 20.5. The van der Waals surface area contributed by atoms with Crippen LogP contribution in [-0.2, 0) is 22.7 Å². The van der Waals surface area contributed by atoms with Gasteiger partial charge in [-0.05, 0) is 23.3 Å². The summed E-state index contributed by atoms with van der Waals surface area (Å²) in [5.41, 5.74) is 1.74. The normalized spacial score (nSPS) is 17.4. The number of nitrogens with zero attached hydrogens (tertiary/aromatic N) is 2. The van der Waals surface area contributed by atoms with Gasteiger partial charge in [0.15, 0.2) is 0 Å². The predicted molar refractivity (Wildman–Crippen MR) is 106 cm³/mol. The topological polar surface area (TPSA) is 70.1 Å². The summed E-state index contributed by atoms with van der Waals surface area (Å²) in [7, 11) is 0. The SMILES string of the molecule is O=C(O)[C@H]1CN(C(=O)OCc2ccccc2)CCN1Cc1ccc(Cl)c(Cl)c1. The molecule has 1 atom stereocenters. The van der Waals surface area contributed by atoms with Crippen LogP contribution in [0.4, 0.5) is 4.79 Å². The number of carbonyl (C=O) groups excluding carboxylic acids is 1. The minimum absolute atomic E-state index is 0.0598. The molecule has 1 heterocycles. The van der Waals surface area contributed by atoms with Crippen LogP contribution in [0.2, 0.25) is 10.0 Å². The molecule has 3 rings (SSSR count). The van der Waals surface area contributed by atoms with Gasteiger partial charge in [0.25, 0.3) is 0 Å². The van der Waals surface area contributed by atoms with Gasteiger partial charge in [-0.25, -0.2) is 4.79 Å². The standard InChI is InChI=1S/C20H20Cl2N2O4/c21-16-7-6-15(10-17(16)22)11-23-8-9-24(12-18(23)19(25)26)20(27)28-13-14-4-2-1-3-5-14/h1-7,10,18H,8-9,11-13H2,(H,25,26)/t18-/m1/s1. The Bertz CT molecular complexity index is 847. The number of aliphatic carboxylic acids is 1. The fourth-order valence-electron chi connectivity index (χ4n) is 3.09. The number of amides is 1. The molecule has 1 aliphatic heterocycles. The second kappa shape index (κ2) is 9.28. The second-order valence-electron chi connectivity index (χ2n) is 6.56. The average Bonchev–Trinajstić information content (AvgIpc) is 2.70. The molecule has 1 saturated heterocycles. The molecule has 0 saturated carbocycles. The lowest BCUT2D eigenvalue weighted by molar-refractivity contribution is -0.145. The number of piperazine rings is 1. The molecule has 148 valence electrons. The highest BCUT2D eigenvalue weighted by molar-refractivity contribution is 6.42. The van der Waals surface area contributed by atoms with Crippen molar-refractivity contribution in [2.24, 2.45) is 0 Å². The van der Waals surface area contributed by atoms with E-state index < -0.39 is 18.1 Å². The summed E-state index contributed by atoms with van der Waals surface area (Å²) in [6.45, 7) is 1.42. The first-order chi connectivity index (χ1) is 13.4. The average molecular weight is 423 g/mol. The van der Waals surface area contributed by atoms with Gasteiger partial charge in [0.1, 0.15) is 12.6 Å². The quantitative estimate of drug-likeness (QED) is 0.790. The number of benzene rings is 2. The molecule has 0 radical (unpaired) electrons. The zero-order chi connectivity index (χ0) is 20.1. The van der Waals surface area contributed by atoms with Crippen LogP contribution in [0.1, 0.15) is 11.1 Å². The third kappa shape index (κ3) is 5.16. The maximum absolute atomic E-state index is 12.3. The smallest absolute Gasteiger partial charge is 0.410 e. The molecule has 0 aromatic heterocycles. The van der Waals surface area contributed by atoms with E-state index in [1.165, 1.54) is 4.90 Å². The van der Waals surface area contributed by atoms with Crippen LogP contribution in [-0.4, -0.2) is 52.6 Å². The molecule has 1 fully saturated rings. The molecule has 8 heteroatoms. The van der Waals surface area contributed by atoms with Crippen molar-refractivity contribution >= 4 is 35.3 Å². The highest BCUT2D eigenvalue weighted by Crippen LogP contribution is 2.24. The van der Waals surface area contributed by atoms with Gasteiger partial charge in [-0.2, -0.15) is 0 Å². The summed E-state index contributed by atoms with van der Waals surface area (Å²) in [5.74, 6) is -0.986. The molecule has 2 aromatic carbocycles. The van der Waals surface area contributed by atoms with Crippen molar-refractivity contribution in [1.29, 1.82) is 0 Å².